The van der Waals surface area contributed by atoms with Gasteiger partial charge in [-0.1, -0.05) is 146 Å². The zero-order valence-corrected chi connectivity index (χ0v) is 25.6. The molecule has 0 aliphatic carbocycles. The molecule has 0 saturated heterocycles. The molecule has 2 heterocycles. The minimum absolute atomic E-state index is 0.717. The second-order valence-corrected chi connectivity index (χ2v) is 11.8. The highest BCUT2D eigenvalue weighted by atomic mass is 15.0. The molecule has 0 unspecified atom stereocenters. The zero-order chi connectivity index (χ0) is 31.2. The van der Waals surface area contributed by atoms with Crippen LogP contribution in [0.25, 0.3) is 83.3 Å². The molecule has 220 valence electrons. The van der Waals surface area contributed by atoms with E-state index < -0.39 is 0 Å². The molecule has 7 aromatic carbocycles. The fourth-order valence-corrected chi connectivity index (χ4v) is 6.83. The lowest BCUT2D eigenvalue weighted by Crippen LogP contribution is -1.96. The molecule has 0 radical (unpaired) electrons. The van der Waals surface area contributed by atoms with E-state index in [0.29, 0.717) is 5.82 Å². The van der Waals surface area contributed by atoms with Crippen molar-refractivity contribution in [2.24, 2.45) is 0 Å². The van der Waals surface area contributed by atoms with E-state index in [1.165, 1.54) is 38.3 Å². The Labute approximate surface area is 273 Å². The van der Waals surface area contributed by atoms with Crippen molar-refractivity contribution in [2.45, 2.75) is 0 Å². The van der Waals surface area contributed by atoms with Gasteiger partial charge in [-0.2, -0.15) is 0 Å². The molecule has 9 aromatic rings. The van der Waals surface area contributed by atoms with Crippen LogP contribution in [0, 0.1) is 0 Å². The molecule has 0 amide bonds. The van der Waals surface area contributed by atoms with Crippen LogP contribution in [0.2, 0.25) is 0 Å². The number of benzene rings is 7. The molecule has 0 fully saturated rings. The molecule has 0 aliphatic rings. The van der Waals surface area contributed by atoms with E-state index in [1.807, 2.05) is 24.3 Å². The standard InChI is InChI=1S/C44H29N3/c1-4-14-30(15-5-1)40-29-41(46-44(45-40)31-16-6-2-7-17-31)37-27-26-34(35-20-10-11-21-36(35)37)32-24-25-39-38-22-12-13-23-42(38)47(43(39)28-32)33-18-8-3-9-19-33/h1-29H. The van der Waals surface area contributed by atoms with Crippen molar-refractivity contribution < 1.29 is 0 Å². The maximum atomic E-state index is 5.15. The topological polar surface area (TPSA) is 30.7 Å². The molecular formula is C44H29N3. The monoisotopic (exact) mass is 599 g/mol. The third-order valence-electron chi connectivity index (χ3n) is 9.03. The summed E-state index contributed by atoms with van der Waals surface area (Å²) in [5, 5.41) is 4.85. The molecule has 0 bridgehead atoms. The van der Waals surface area contributed by atoms with Gasteiger partial charge in [-0.15, -0.1) is 0 Å². The first-order valence-corrected chi connectivity index (χ1v) is 15.9. The lowest BCUT2D eigenvalue weighted by Gasteiger charge is -2.14. The van der Waals surface area contributed by atoms with Crippen LogP contribution in [0.15, 0.2) is 176 Å². The minimum atomic E-state index is 0.717. The van der Waals surface area contributed by atoms with Gasteiger partial charge in [0.1, 0.15) is 0 Å². The predicted octanol–water partition coefficient (Wildman–Crippen LogP) is 11.4. The van der Waals surface area contributed by atoms with Crippen molar-refractivity contribution in [2.75, 3.05) is 0 Å². The molecule has 2 aromatic heterocycles. The number of rotatable bonds is 5. The Morgan fingerprint density at radius 1 is 0.340 bits per heavy atom. The molecule has 3 nitrogen and oxygen atoms in total. The van der Waals surface area contributed by atoms with Crippen LogP contribution in [0.4, 0.5) is 0 Å². The van der Waals surface area contributed by atoms with Crippen molar-refractivity contribution >= 4 is 32.6 Å². The Morgan fingerprint density at radius 3 is 1.64 bits per heavy atom. The Balaban J connectivity index is 1.25. The summed E-state index contributed by atoms with van der Waals surface area (Å²) in [5.74, 6) is 0.717. The first kappa shape index (κ1) is 27.0. The maximum absolute atomic E-state index is 5.15. The van der Waals surface area contributed by atoms with Crippen LogP contribution in [-0.2, 0) is 0 Å². The molecule has 0 spiro atoms. The fraction of sp³-hybridized carbons (Fsp3) is 0. The summed E-state index contributed by atoms with van der Waals surface area (Å²) < 4.78 is 2.38. The molecule has 0 N–H and O–H groups in total. The average molecular weight is 600 g/mol. The lowest BCUT2D eigenvalue weighted by molar-refractivity contribution is 1.18. The van der Waals surface area contributed by atoms with Gasteiger partial charge >= 0.3 is 0 Å². The van der Waals surface area contributed by atoms with Crippen LogP contribution in [-0.4, -0.2) is 14.5 Å². The van der Waals surface area contributed by atoms with Gasteiger partial charge in [0.15, 0.2) is 5.82 Å². The van der Waals surface area contributed by atoms with Gasteiger partial charge in [0.05, 0.1) is 22.4 Å². The number of hydrogen-bond acceptors (Lipinski definition) is 2. The summed E-state index contributed by atoms with van der Waals surface area (Å²) in [5.41, 5.74) is 10.9. The van der Waals surface area contributed by atoms with Gasteiger partial charge in [-0.3, -0.25) is 0 Å². The predicted molar refractivity (Wildman–Crippen MR) is 196 cm³/mol. The second-order valence-electron chi connectivity index (χ2n) is 11.8. The summed E-state index contributed by atoms with van der Waals surface area (Å²) in [4.78, 5) is 10.2. The smallest absolute Gasteiger partial charge is 0.160 e. The number of aromatic nitrogens is 3. The van der Waals surface area contributed by atoms with Crippen molar-refractivity contribution in [3.63, 3.8) is 0 Å². The van der Waals surface area contributed by atoms with Crippen LogP contribution in [0.5, 0.6) is 0 Å². The highest BCUT2D eigenvalue weighted by molar-refractivity contribution is 6.11. The van der Waals surface area contributed by atoms with Gasteiger partial charge < -0.3 is 4.57 Å². The first-order chi connectivity index (χ1) is 23.3. The number of hydrogen-bond donors (Lipinski definition) is 0. The molecule has 0 saturated carbocycles. The number of nitrogens with zero attached hydrogens (tertiary/aromatic N) is 3. The minimum Gasteiger partial charge on any atom is -0.309 e. The van der Waals surface area contributed by atoms with Gasteiger partial charge in [-0.05, 0) is 52.2 Å². The summed E-state index contributed by atoms with van der Waals surface area (Å²) >= 11 is 0. The Morgan fingerprint density at radius 2 is 0.894 bits per heavy atom. The van der Waals surface area contributed by atoms with Crippen molar-refractivity contribution in [1.29, 1.82) is 0 Å². The largest absolute Gasteiger partial charge is 0.309 e. The second kappa shape index (κ2) is 11.2. The zero-order valence-electron chi connectivity index (χ0n) is 25.6. The normalized spacial score (nSPS) is 11.4. The van der Waals surface area contributed by atoms with Crippen molar-refractivity contribution in [3.8, 4) is 50.7 Å². The van der Waals surface area contributed by atoms with E-state index in [9.17, 15) is 0 Å². The first-order valence-electron chi connectivity index (χ1n) is 15.9. The molecule has 3 heteroatoms. The van der Waals surface area contributed by atoms with Crippen molar-refractivity contribution in [1.82, 2.24) is 14.5 Å². The third kappa shape index (κ3) is 4.68. The summed E-state index contributed by atoms with van der Waals surface area (Å²) in [6.45, 7) is 0. The highest BCUT2D eigenvalue weighted by Crippen LogP contribution is 2.39. The average Bonchev–Trinajstić information content (AvgIpc) is 3.49. The van der Waals surface area contributed by atoms with Crippen LogP contribution in [0.1, 0.15) is 0 Å². The van der Waals surface area contributed by atoms with E-state index >= 15 is 0 Å². The summed E-state index contributed by atoms with van der Waals surface area (Å²) in [6.07, 6.45) is 0. The van der Waals surface area contributed by atoms with Gasteiger partial charge in [0, 0.05) is 33.2 Å². The highest BCUT2D eigenvalue weighted by Gasteiger charge is 2.17. The SMILES string of the molecule is c1ccc(-c2cc(-c3ccc(-c4ccc5c6ccccc6n(-c6ccccc6)c5c4)c4ccccc34)nc(-c3ccccc3)n2)cc1. The summed E-state index contributed by atoms with van der Waals surface area (Å²) in [7, 11) is 0. The van der Waals surface area contributed by atoms with Gasteiger partial charge in [0.25, 0.3) is 0 Å². The fourth-order valence-electron chi connectivity index (χ4n) is 6.83. The van der Waals surface area contributed by atoms with Crippen molar-refractivity contribution in [3.05, 3.63) is 176 Å². The third-order valence-corrected chi connectivity index (χ3v) is 9.03. The lowest BCUT2D eigenvalue weighted by atomic mass is 9.93. The molecule has 9 rings (SSSR count). The molecule has 0 aliphatic heterocycles. The number of para-hydroxylation sites is 2. The molecular weight excluding hydrogens is 571 g/mol. The van der Waals surface area contributed by atoms with E-state index in [2.05, 4.69) is 156 Å². The Bertz CT molecular complexity index is 2490. The van der Waals surface area contributed by atoms with Gasteiger partial charge in [-0.25, -0.2) is 9.97 Å². The molecule has 0 atom stereocenters. The maximum Gasteiger partial charge on any atom is 0.160 e. The summed E-state index contributed by atoms with van der Waals surface area (Å²) in [6, 6.07) is 62.0. The van der Waals surface area contributed by atoms with Gasteiger partial charge in [0.2, 0.25) is 0 Å². The quantitative estimate of drug-likeness (QED) is 0.197. The molecule has 47 heavy (non-hydrogen) atoms. The van der Waals surface area contributed by atoms with E-state index in [4.69, 9.17) is 9.97 Å². The van der Waals surface area contributed by atoms with Crippen LogP contribution in [0.3, 0.4) is 0 Å². The van der Waals surface area contributed by atoms with Crippen LogP contribution < -0.4 is 0 Å². The van der Waals surface area contributed by atoms with Crippen LogP contribution >= 0.6 is 0 Å². The number of fused-ring (bicyclic) bond motifs is 4. The van der Waals surface area contributed by atoms with E-state index in [0.717, 1.165) is 39.2 Å². The Kier molecular flexibility index (Phi) is 6.46. The van der Waals surface area contributed by atoms with E-state index in [1.54, 1.807) is 0 Å². The van der Waals surface area contributed by atoms with E-state index in [-0.39, 0.29) is 0 Å². The Hall–Kier alpha value is -6.32.